The fourth-order valence-electron chi connectivity index (χ4n) is 4.84. The first-order chi connectivity index (χ1) is 15.6. The molecule has 0 bridgehead atoms. The molecule has 2 aromatic rings. The number of rotatable bonds is 6. The van der Waals surface area contributed by atoms with Crippen molar-refractivity contribution in [1.82, 2.24) is 10.2 Å². The van der Waals surface area contributed by atoms with Gasteiger partial charge in [0.25, 0.3) is 0 Å². The first kappa shape index (κ1) is 24.6. The lowest BCUT2D eigenvalue weighted by Crippen LogP contribution is -2.34. The van der Waals surface area contributed by atoms with Crippen LogP contribution in [0, 0.1) is 38.0 Å². The van der Waals surface area contributed by atoms with E-state index in [0.29, 0.717) is 0 Å². The largest absolute Gasteiger partial charge is 0.317 e. The molecular weight excluding hydrogens is 388 g/mol. The Labute approximate surface area is 196 Å². The SMILES string of the molecule is C#CCCN1CCC(Cc2ccc(C)cc2)CC1.Cc1ccc(CC2CCNCC2)cc1. The molecule has 1 N–H and O–H groups in total. The van der Waals surface area contributed by atoms with E-state index in [1.807, 2.05) is 0 Å². The molecule has 0 aromatic heterocycles. The van der Waals surface area contributed by atoms with Crippen LogP contribution in [0.5, 0.6) is 0 Å². The maximum Gasteiger partial charge on any atom is 0.0214 e. The Kier molecular flexibility index (Phi) is 10.3. The fourth-order valence-corrected chi connectivity index (χ4v) is 4.84. The number of likely N-dealkylation sites (tertiary alicyclic amines) is 1. The van der Waals surface area contributed by atoms with Crippen LogP contribution in [0.4, 0.5) is 0 Å². The van der Waals surface area contributed by atoms with E-state index in [2.05, 4.69) is 78.5 Å². The van der Waals surface area contributed by atoms with E-state index in [1.54, 1.807) is 0 Å². The maximum absolute atomic E-state index is 5.31. The smallest absolute Gasteiger partial charge is 0.0214 e. The highest BCUT2D eigenvalue weighted by molar-refractivity contribution is 5.22. The molecule has 0 radical (unpaired) electrons. The zero-order valence-corrected chi connectivity index (χ0v) is 20.3. The van der Waals surface area contributed by atoms with E-state index in [-0.39, 0.29) is 0 Å². The molecule has 2 aliphatic heterocycles. The highest BCUT2D eigenvalue weighted by atomic mass is 15.1. The number of nitrogens with one attached hydrogen (secondary N) is 1. The lowest BCUT2D eigenvalue weighted by atomic mass is 9.90. The topological polar surface area (TPSA) is 15.3 Å². The molecule has 0 atom stereocenters. The van der Waals surface area contributed by atoms with Gasteiger partial charge in [0.15, 0.2) is 0 Å². The number of piperidine rings is 2. The Hall–Kier alpha value is -2.08. The third-order valence-electron chi connectivity index (χ3n) is 7.03. The number of nitrogens with zero attached hydrogens (tertiary/aromatic N) is 1. The summed E-state index contributed by atoms with van der Waals surface area (Å²) in [6.45, 7) is 10.2. The third-order valence-corrected chi connectivity index (χ3v) is 7.03. The van der Waals surface area contributed by atoms with Crippen molar-refractivity contribution in [1.29, 1.82) is 0 Å². The van der Waals surface area contributed by atoms with Gasteiger partial charge in [-0.15, -0.1) is 12.3 Å². The molecule has 2 heteroatoms. The normalized spacial score (nSPS) is 17.9. The van der Waals surface area contributed by atoms with Gasteiger partial charge < -0.3 is 10.2 Å². The van der Waals surface area contributed by atoms with Crippen LogP contribution in [-0.2, 0) is 12.8 Å². The van der Waals surface area contributed by atoms with Gasteiger partial charge in [0.05, 0.1) is 0 Å². The summed E-state index contributed by atoms with van der Waals surface area (Å²) < 4.78 is 0. The monoisotopic (exact) mass is 430 g/mol. The van der Waals surface area contributed by atoms with Crippen molar-refractivity contribution in [2.45, 2.75) is 58.8 Å². The maximum atomic E-state index is 5.31. The second-order valence-electron chi connectivity index (χ2n) is 9.81. The molecule has 2 saturated heterocycles. The number of aryl methyl sites for hydroxylation is 2. The molecular formula is C30H42N2. The predicted molar refractivity (Wildman–Crippen MR) is 138 cm³/mol. The first-order valence-corrected chi connectivity index (χ1v) is 12.6. The Bertz CT molecular complexity index is 801. The number of terminal acetylenes is 1. The summed E-state index contributed by atoms with van der Waals surface area (Å²) in [5, 5.41) is 3.41. The van der Waals surface area contributed by atoms with Gasteiger partial charge in [-0.25, -0.2) is 0 Å². The van der Waals surface area contributed by atoms with Gasteiger partial charge in [-0.05, 0) is 102 Å². The van der Waals surface area contributed by atoms with Crippen LogP contribution in [-0.4, -0.2) is 37.6 Å². The van der Waals surface area contributed by atoms with Gasteiger partial charge in [-0.3, -0.25) is 0 Å². The second kappa shape index (κ2) is 13.5. The van der Waals surface area contributed by atoms with Crippen LogP contribution in [0.15, 0.2) is 48.5 Å². The van der Waals surface area contributed by atoms with Gasteiger partial charge in [0.1, 0.15) is 0 Å². The summed E-state index contributed by atoms with van der Waals surface area (Å²) in [6, 6.07) is 18.0. The van der Waals surface area contributed by atoms with E-state index >= 15 is 0 Å². The minimum absolute atomic E-state index is 0.856. The number of benzene rings is 2. The summed E-state index contributed by atoms with van der Waals surface area (Å²) in [5.74, 6) is 4.49. The van der Waals surface area contributed by atoms with Crippen molar-refractivity contribution in [3.63, 3.8) is 0 Å². The molecule has 2 fully saturated rings. The van der Waals surface area contributed by atoms with Crippen molar-refractivity contribution in [3.8, 4) is 12.3 Å². The summed E-state index contributed by atoms with van der Waals surface area (Å²) in [6.07, 6.45) is 14.0. The molecule has 32 heavy (non-hydrogen) atoms. The lowest BCUT2D eigenvalue weighted by Gasteiger charge is -2.31. The molecule has 0 unspecified atom stereocenters. The first-order valence-electron chi connectivity index (χ1n) is 12.6. The van der Waals surface area contributed by atoms with Crippen molar-refractivity contribution in [2.24, 2.45) is 11.8 Å². The van der Waals surface area contributed by atoms with Gasteiger partial charge in [-0.2, -0.15) is 0 Å². The van der Waals surface area contributed by atoms with Crippen molar-refractivity contribution < 1.29 is 0 Å². The molecule has 0 amide bonds. The molecule has 4 rings (SSSR count). The summed E-state index contributed by atoms with van der Waals surface area (Å²) in [5.41, 5.74) is 5.70. The van der Waals surface area contributed by atoms with Crippen LogP contribution in [0.2, 0.25) is 0 Å². The quantitative estimate of drug-likeness (QED) is 0.582. The van der Waals surface area contributed by atoms with Gasteiger partial charge >= 0.3 is 0 Å². The van der Waals surface area contributed by atoms with Crippen molar-refractivity contribution >= 4 is 0 Å². The highest BCUT2D eigenvalue weighted by Crippen LogP contribution is 2.22. The molecule has 0 spiro atoms. The standard InChI is InChI=1S/C17H23N.C13H19N/c1-3-4-11-18-12-9-17(10-13-18)14-16-7-5-15(2)6-8-16;1-11-2-4-12(5-3-11)10-13-6-8-14-9-7-13/h1,5-8,17H,4,9-14H2,2H3;2-5,13-14H,6-10H2,1H3. The van der Waals surface area contributed by atoms with Gasteiger partial charge in [-0.1, -0.05) is 59.7 Å². The molecule has 2 aromatic carbocycles. The molecule has 0 saturated carbocycles. The molecule has 2 nitrogen and oxygen atoms in total. The minimum atomic E-state index is 0.856. The summed E-state index contributed by atoms with van der Waals surface area (Å²) in [7, 11) is 0. The van der Waals surface area contributed by atoms with E-state index in [1.165, 1.54) is 87.0 Å². The number of hydrogen-bond acceptors (Lipinski definition) is 2. The van der Waals surface area contributed by atoms with Gasteiger partial charge in [0, 0.05) is 13.0 Å². The molecule has 2 heterocycles. The van der Waals surface area contributed by atoms with Crippen LogP contribution in [0.25, 0.3) is 0 Å². The third kappa shape index (κ3) is 8.81. The summed E-state index contributed by atoms with van der Waals surface area (Å²) in [4.78, 5) is 2.51. The van der Waals surface area contributed by atoms with E-state index in [4.69, 9.17) is 6.42 Å². The van der Waals surface area contributed by atoms with Crippen LogP contribution in [0.3, 0.4) is 0 Å². The lowest BCUT2D eigenvalue weighted by molar-refractivity contribution is 0.187. The van der Waals surface area contributed by atoms with Crippen molar-refractivity contribution in [3.05, 3.63) is 70.8 Å². The Morgan fingerprint density at radius 1 is 0.781 bits per heavy atom. The van der Waals surface area contributed by atoms with E-state index in [0.717, 1.165) is 24.8 Å². The highest BCUT2D eigenvalue weighted by Gasteiger charge is 2.18. The fraction of sp³-hybridized carbons (Fsp3) is 0.533. The van der Waals surface area contributed by atoms with Gasteiger partial charge in [0.2, 0.25) is 0 Å². The molecule has 0 aliphatic carbocycles. The van der Waals surface area contributed by atoms with E-state index < -0.39 is 0 Å². The zero-order chi connectivity index (χ0) is 22.6. The number of hydrogen-bond donors (Lipinski definition) is 1. The van der Waals surface area contributed by atoms with Crippen molar-refractivity contribution in [2.75, 3.05) is 32.7 Å². The summed E-state index contributed by atoms with van der Waals surface area (Å²) >= 11 is 0. The predicted octanol–water partition coefficient (Wildman–Crippen LogP) is 5.81. The van der Waals surface area contributed by atoms with E-state index in [9.17, 15) is 0 Å². The average molecular weight is 431 g/mol. The molecule has 172 valence electrons. The van der Waals surface area contributed by atoms with Crippen LogP contribution >= 0.6 is 0 Å². The second-order valence-corrected chi connectivity index (χ2v) is 9.81. The Balaban J connectivity index is 0.000000186. The Morgan fingerprint density at radius 2 is 1.25 bits per heavy atom. The minimum Gasteiger partial charge on any atom is -0.317 e. The average Bonchev–Trinajstić information content (AvgIpc) is 2.83. The molecule has 2 aliphatic rings. The Morgan fingerprint density at radius 3 is 1.72 bits per heavy atom. The van der Waals surface area contributed by atoms with Crippen LogP contribution < -0.4 is 5.32 Å². The zero-order valence-electron chi connectivity index (χ0n) is 20.3. The van der Waals surface area contributed by atoms with Crippen LogP contribution in [0.1, 0.15) is 54.4 Å².